The van der Waals surface area contributed by atoms with Crippen LogP contribution in [0.15, 0.2) is 18.2 Å². The van der Waals surface area contributed by atoms with Gasteiger partial charge in [0, 0.05) is 19.8 Å². The van der Waals surface area contributed by atoms with Crippen LogP contribution >= 0.6 is 0 Å². The van der Waals surface area contributed by atoms with E-state index in [0.717, 1.165) is 0 Å². The topological polar surface area (TPSA) is 77.1 Å². The van der Waals surface area contributed by atoms with Gasteiger partial charge in [-0.3, -0.25) is 0 Å². The minimum Gasteiger partial charge on any atom is -0.545 e. The Morgan fingerprint density at radius 2 is 1.55 bits per heavy atom. The molecule has 1 aromatic rings. The first-order chi connectivity index (χ1) is 9.19. The number of rotatable bonds is 9. The van der Waals surface area contributed by atoms with Gasteiger partial charge >= 0.3 is 51.4 Å². The molecule has 0 atom stereocenters. The standard InChI is InChI=1S/C13H18O6.K/c1-16-5-7-18-11-4-3-10(13(14)15)9-12(11)19-8-6-17-2;/h3-4,9H,5-8H2,1-2H3,(H,14,15);/q;+1/p-1. The Kier molecular flexibility index (Phi) is 11.4. The summed E-state index contributed by atoms with van der Waals surface area (Å²) in [6, 6.07) is 4.30. The average molecular weight is 308 g/mol. The molecule has 7 heteroatoms. The maximum Gasteiger partial charge on any atom is 1.00 e. The van der Waals surface area contributed by atoms with Gasteiger partial charge in [0.25, 0.3) is 0 Å². The summed E-state index contributed by atoms with van der Waals surface area (Å²) in [4.78, 5) is 10.8. The second-order valence-corrected chi connectivity index (χ2v) is 3.63. The predicted octanol–water partition coefficient (Wildman–Crippen LogP) is -2.90. The zero-order valence-electron chi connectivity index (χ0n) is 12.0. The SMILES string of the molecule is COCCOc1ccc(C(=O)[O-])cc1OCCOC.[K+]. The summed E-state index contributed by atoms with van der Waals surface area (Å²) in [6.45, 7) is 1.47. The van der Waals surface area contributed by atoms with E-state index in [-0.39, 0.29) is 56.9 Å². The Bertz CT molecular complexity index is 410. The molecule has 0 heterocycles. The van der Waals surface area contributed by atoms with Crippen LogP contribution < -0.4 is 66.0 Å². The van der Waals surface area contributed by atoms with Crippen LogP contribution in [0, 0.1) is 0 Å². The summed E-state index contributed by atoms with van der Waals surface area (Å²) >= 11 is 0. The summed E-state index contributed by atoms with van der Waals surface area (Å²) in [5, 5.41) is 10.8. The fourth-order valence-electron chi connectivity index (χ4n) is 1.34. The van der Waals surface area contributed by atoms with Crippen LogP contribution in [0.5, 0.6) is 11.5 Å². The van der Waals surface area contributed by atoms with Crippen molar-refractivity contribution in [2.24, 2.45) is 0 Å². The Labute approximate surface area is 160 Å². The van der Waals surface area contributed by atoms with Crippen molar-refractivity contribution in [1.29, 1.82) is 0 Å². The number of ether oxygens (including phenoxy) is 4. The van der Waals surface area contributed by atoms with Crippen LogP contribution in [0.25, 0.3) is 0 Å². The number of hydrogen-bond donors (Lipinski definition) is 0. The first-order valence-corrected chi connectivity index (χ1v) is 5.78. The van der Waals surface area contributed by atoms with Crippen molar-refractivity contribution < 1.29 is 80.2 Å². The third-order valence-electron chi connectivity index (χ3n) is 2.27. The Morgan fingerprint density at radius 1 is 1.00 bits per heavy atom. The van der Waals surface area contributed by atoms with Crippen molar-refractivity contribution in [3.8, 4) is 11.5 Å². The predicted molar refractivity (Wildman–Crippen MR) is 65.5 cm³/mol. The van der Waals surface area contributed by atoms with Gasteiger partial charge in [0.15, 0.2) is 11.5 Å². The van der Waals surface area contributed by atoms with Crippen molar-refractivity contribution >= 4 is 5.97 Å². The van der Waals surface area contributed by atoms with E-state index < -0.39 is 5.97 Å². The van der Waals surface area contributed by atoms with Gasteiger partial charge < -0.3 is 28.8 Å². The molecule has 106 valence electrons. The van der Waals surface area contributed by atoms with Crippen molar-refractivity contribution in [3.05, 3.63) is 23.8 Å². The number of carbonyl (C=O) groups excluding carboxylic acids is 1. The number of benzene rings is 1. The van der Waals surface area contributed by atoms with Crippen LogP contribution in [0.2, 0.25) is 0 Å². The Morgan fingerprint density at radius 3 is 2.05 bits per heavy atom. The molecule has 6 nitrogen and oxygen atoms in total. The second kappa shape index (κ2) is 11.5. The van der Waals surface area contributed by atoms with E-state index in [9.17, 15) is 9.90 Å². The Balaban J connectivity index is 0.00000361. The number of carbonyl (C=O) groups is 1. The van der Waals surface area contributed by atoms with Crippen molar-refractivity contribution in [1.82, 2.24) is 0 Å². The maximum atomic E-state index is 10.8. The summed E-state index contributed by atoms with van der Waals surface area (Å²) in [5.41, 5.74) is 0.0338. The van der Waals surface area contributed by atoms with Gasteiger partial charge in [-0.1, -0.05) is 0 Å². The van der Waals surface area contributed by atoms with Crippen LogP contribution in [-0.4, -0.2) is 46.6 Å². The molecule has 0 saturated heterocycles. The minimum atomic E-state index is -1.26. The molecule has 0 fully saturated rings. The summed E-state index contributed by atoms with van der Waals surface area (Å²) in [7, 11) is 3.12. The van der Waals surface area contributed by atoms with E-state index in [1.807, 2.05) is 0 Å². The Hall–Kier alpha value is -0.154. The zero-order valence-corrected chi connectivity index (χ0v) is 15.1. The van der Waals surface area contributed by atoms with Gasteiger partial charge in [0.1, 0.15) is 13.2 Å². The smallest absolute Gasteiger partial charge is 0.545 e. The molecule has 0 N–H and O–H groups in total. The fourth-order valence-corrected chi connectivity index (χ4v) is 1.34. The zero-order chi connectivity index (χ0) is 14.1. The van der Waals surface area contributed by atoms with Crippen molar-refractivity contribution in [2.75, 3.05) is 40.6 Å². The third-order valence-corrected chi connectivity index (χ3v) is 2.27. The fraction of sp³-hybridized carbons (Fsp3) is 0.462. The van der Waals surface area contributed by atoms with Gasteiger partial charge in [-0.15, -0.1) is 0 Å². The number of methoxy groups -OCH3 is 2. The van der Waals surface area contributed by atoms with Crippen molar-refractivity contribution in [2.45, 2.75) is 0 Å². The molecule has 1 aromatic carbocycles. The molecule has 0 saturated carbocycles. The molecule has 0 unspecified atom stereocenters. The molecular formula is C13H17KO6. The van der Waals surface area contributed by atoms with Gasteiger partial charge in [-0.2, -0.15) is 0 Å². The van der Waals surface area contributed by atoms with Crippen molar-refractivity contribution in [3.63, 3.8) is 0 Å². The van der Waals surface area contributed by atoms with Crippen LogP contribution in [0.1, 0.15) is 10.4 Å². The molecule has 0 bridgehead atoms. The monoisotopic (exact) mass is 308 g/mol. The van der Waals surface area contributed by atoms with Crippen LogP contribution in [-0.2, 0) is 9.47 Å². The summed E-state index contributed by atoms with van der Waals surface area (Å²) in [6.07, 6.45) is 0. The van der Waals surface area contributed by atoms with E-state index >= 15 is 0 Å². The number of carboxylic acids is 1. The molecule has 0 radical (unpaired) electrons. The normalized spacial score (nSPS) is 9.70. The molecule has 0 aliphatic heterocycles. The molecule has 20 heavy (non-hydrogen) atoms. The molecule has 0 spiro atoms. The van der Waals surface area contributed by atoms with Gasteiger partial charge in [0.05, 0.1) is 19.2 Å². The van der Waals surface area contributed by atoms with Crippen LogP contribution in [0.4, 0.5) is 0 Å². The van der Waals surface area contributed by atoms with E-state index in [0.29, 0.717) is 37.9 Å². The molecule has 0 aliphatic carbocycles. The molecule has 0 amide bonds. The number of hydrogen-bond acceptors (Lipinski definition) is 6. The average Bonchev–Trinajstić information content (AvgIpc) is 2.40. The largest absolute Gasteiger partial charge is 1.00 e. The second-order valence-electron chi connectivity index (χ2n) is 3.63. The van der Waals surface area contributed by atoms with E-state index in [2.05, 4.69) is 0 Å². The quantitative estimate of drug-likeness (QED) is 0.360. The van der Waals surface area contributed by atoms with Crippen LogP contribution in [0.3, 0.4) is 0 Å². The molecule has 1 rings (SSSR count). The number of carboxylic acid groups (broad SMARTS) is 1. The minimum absolute atomic E-state index is 0. The molecule has 0 aliphatic rings. The van der Waals surface area contributed by atoms with E-state index in [4.69, 9.17) is 18.9 Å². The summed E-state index contributed by atoms with van der Waals surface area (Å²) < 4.78 is 20.6. The van der Waals surface area contributed by atoms with E-state index in [1.165, 1.54) is 18.2 Å². The summed E-state index contributed by atoms with van der Waals surface area (Å²) in [5.74, 6) is -0.465. The van der Waals surface area contributed by atoms with Gasteiger partial charge in [0.2, 0.25) is 0 Å². The molecular weight excluding hydrogens is 291 g/mol. The maximum absolute atomic E-state index is 10.8. The number of aromatic carboxylic acids is 1. The third kappa shape index (κ3) is 7.03. The van der Waals surface area contributed by atoms with Gasteiger partial charge in [-0.05, 0) is 18.2 Å². The van der Waals surface area contributed by atoms with Gasteiger partial charge in [-0.25, -0.2) is 0 Å². The molecule has 0 aromatic heterocycles. The van der Waals surface area contributed by atoms with E-state index in [1.54, 1.807) is 14.2 Å². The first kappa shape index (κ1) is 19.8. The first-order valence-electron chi connectivity index (χ1n) is 5.78.